The molecule has 58 valence electrons. The summed E-state index contributed by atoms with van der Waals surface area (Å²) < 4.78 is 0. The van der Waals surface area contributed by atoms with Gasteiger partial charge in [0.25, 0.3) is 0 Å². The Morgan fingerprint density at radius 1 is 0.833 bits per heavy atom. The van der Waals surface area contributed by atoms with E-state index in [1.165, 1.54) is 11.1 Å². The molecule has 0 saturated carbocycles. The molecule has 12 heavy (non-hydrogen) atoms. The largest absolute Gasteiger partial charge is 0.298 e. The van der Waals surface area contributed by atoms with Gasteiger partial charge in [0.05, 0.1) is 0 Å². The maximum Gasteiger partial charge on any atom is 0.150 e. The van der Waals surface area contributed by atoms with Crippen molar-refractivity contribution < 1.29 is 4.79 Å². The highest BCUT2D eigenvalue weighted by molar-refractivity contribution is 5.77. The molecule has 2 aliphatic carbocycles. The Labute approximate surface area is 71.0 Å². The van der Waals surface area contributed by atoms with Crippen LogP contribution in [0.3, 0.4) is 0 Å². The first-order valence-electron chi connectivity index (χ1n) is 3.84. The van der Waals surface area contributed by atoms with Crippen molar-refractivity contribution in [2.45, 2.75) is 0 Å². The number of aldehydes is 1. The lowest BCUT2D eigenvalue weighted by Crippen LogP contribution is -1.69. The predicted octanol–water partition coefficient (Wildman–Crippen LogP) is 2.60. The standard InChI is InChI=1S/C11H8O/c12-8-9-4-6-10-2-1-3-11(10)7-5-9/h1-8H. The monoisotopic (exact) mass is 156 g/mol. The van der Waals surface area contributed by atoms with Gasteiger partial charge in [-0.1, -0.05) is 42.5 Å². The van der Waals surface area contributed by atoms with Crippen molar-refractivity contribution in [2.24, 2.45) is 0 Å². The van der Waals surface area contributed by atoms with Crippen LogP contribution in [0.2, 0.25) is 0 Å². The molecule has 0 fully saturated rings. The average molecular weight is 156 g/mol. The van der Waals surface area contributed by atoms with Gasteiger partial charge in [-0.05, 0) is 11.1 Å². The van der Waals surface area contributed by atoms with Crippen LogP contribution in [0.5, 0.6) is 0 Å². The minimum Gasteiger partial charge on any atom is -0.298 e. The normalized spacial score (nSPS) is 10.0. The summed E-state index contributed by atoms with van der Waals surface area (Å²) in [4.78, 5) is 10.4. The number of carbonyl (C=O) groups excluding carboxylic acids is 1. The van der Waals surface area contributed by atoms with Crippen LogP contribution in [-0.4, -0.2) is 6.29 Å². The molecule has 0 aromatic heterocycles. The fourth-order valence-electron chi connectivity index (χ4n) is 1.26. The van der Waals surface area contributed by atoms with Gasteiger partial charge in [-0.15, -0.1) is 0 Å². The molecule has 0 N–H and O–H groups in total. The summed E-state index contributed by atoms with van der Waals surface area (Å²) in [6.07, 6.45) is 0.860. The van der Waals surface area contributed by atoms with Gasteiger partial charge in [0.1, 0.15) is 6.29 Å². The minimum absolute atomic E-state index is 0.714. The highest BCUT2D eigenvalue weighted by Crippen LogP contribution is 2.20. The smallest absolute Gasteiger partial charge is 0.150 e. The van der Waals surface area contributed by atoms with Crippen molar-refractivity contribution in [1.82, 2.24) is 0 Å². The first kappa shape index (κ1) is 7.04. The second kappa shape index (κ2) is 2.78. The molecule has 1 heteroatoms. The molecule has 0 unspecified atom stereocenters. The summed E-state index contributed by atoms with van der Waals surface area (Å²) in [6, 6.07) is 13.6. The van der Waals surface area contributed by atoms with Crippen LogP contribution in [0.1, 0.15) is 10.4 Å². The van der Waals surface area contributed by atoms with Crippen LogP contribution in [0.15, 0.2) is 42.5 Å². The van der Waals surface area contributed by atoms with Crippen LogP contribution in [0.25, 0.3) is 11.1 Å². The summed E-state index contributed by atoms with van der Waals surface area (Å²) in [7, 11) is 0. The van der Waals surface area contributed by atoms with Crippen LogP contribution in [-0.2, 0) is 0 Å². The first-order valence-corrected chi connectivity index (χ1v) is 3.84. The maximum atomic E-state index is 10.4. The van der Waals surface area contributed by atoms with Gasteiger partial charge in [0.2, 0.25) is 0 Å². The molecule has 0 aromatic rings. The van der Waals surface area contributed by atoms with Gasteiger partial charge in [0.15, 0.2) is 0 Å². The lowest BCUT2D eigenvalue weighted by atomic mass is 10.2. The van der Waals surface area contributed by atoms with E-state index in [2.05, 4.69) is 0 Å². The van der Waals surface area contributed by atoms with E-state index in [0.717, 1.165) is 6.29 Å². The van der Waals surface area contributed by atoms with Crippen molar-refractivity contribution in [3.05, 3.63) is 48.0 Å². The topological polar surface area (TPSA) is 17.1 Å². The molecular formula is C11H8O. The zero-order chi connectivity index (χ0) is 8.39. The van der Waals surface area contributed by atoms with E-state index in [0.29, 0.717) is 5.56 Å². The lowest BCUT2D eigenvalue weighted by Gasteiger charge is -1.85. The second-order valence-electron chi connectivity index (χ2n) is 2.72. The third kappa shape index (κ3) is 1.10. The van der Waals surface area contributed by atoms with Gasteiger partial charge in [0, 0.05) is 5.56 Å². The first-order chi connectivity index (χ1) is 5.90. The van der Waals surface area contributed by atoms with E-state index < -0.39 is 0 Å². The zero-order valence-corrected chi connectivity index (χ0v) is 6.53. The van der Waals surface area contributed by atoms with E-state index >= 15 is 0 Å². The molecule has 1 nitrogen and oxygen atoms in total. The molecule has 2 rings (SSSR count). The summed E-state index contributed by atoms with van der Waals surface area (Å²) in [5, 5.41) is 0. The summed E-state index contributed by atoms with van der Waals surface area (Å²) in [5.74, 6) is 0. The molecule has 0 amide bonds. The SMILES string of the molecule is O=Cc1ccc2cccc-2cc1. The number of rotatable bonds is 1. The molecule has 0 aliphatic heterocycles. The Balaban J connectivity index is 2.66. The Bertz CT molecular complexity index is 348. The minimum atomic E-state index is 0.714. The quantitative estimate of drug-likeness (QED) is 0.580. The van der Waals surface area contributed by atoms with Crippen molar-refractivity contribution in [1.29, 1.82) is 0 Å². The van der Waals surface area contributed by atoms with Crippen LogP contribution < -0.4 is 0 Å². The Morgan fingerprint density at radius 2 is 1.42 bits per heavy atom. The van der Waals surface area contributed by atoms with E-state index in [4.69, 9.17) is 0 Å². The van der Waals surface area contributed by atoms with E-state index in [-0.39, 0.29) is 0 Å². The molecule has 0 atom stereocenters. The Morgan fingerprint density at radius 3 is 1.92 bits per heavy atom. The Hall–Kier alpha value is -1.63. The summed E-state index contributed by atoms with van der Waals surface area (Å²) in [6.45, 7) is 0. The third-order valence-electron chi connectivity index (χ3n) is 1.93. The number of hydrogen-bond acceptors (Lipinski definition) is 1. The summed E-state index contributed by atoms with van der Waals surface area (Å²) >= 11 is 0. The van der Waals surface area contributed by atoms with Gasteiger partial charge < -0.3 is 0 Å². The molecule has 0 aromatic carbocycles. The van der Waals surface area contributed by atoms with Gasteiger partial charge in [-0.3, -0.25) is 4.79 Å². The lowest BCUT2D eigenvalue weighted by molar-refractivity contribution is 0.112. The molecular weight excluding hydrogens is 148 g/mol. The second-order valence-corrected chi connectivity index (χ2v) is 2.72. The fraction of sp³-hybridized carbons (Fsp3) is 0. The highest BCUT2D eigenvalue weighted by Gasteiger charge is 1.97. The zero-order valence-electron chi connectivity index (χ0n) is 6.53. The van der Waals surface area contributed by atoms with Crippen LogP contribution in [0, 0.1) is 0 Å². The van der Waals surface area contributed by atoms with E-state index in [1.54, 1.807) is 0 Å². The van der Waals surface area contributed by atoms with Crippen molar-refractivity contribution in [3.63, 3.8) is 0 Å². The molecule has 0 bridgehead atoms. The number of carbonyl (C=O) groups is 1. The average Bonchev–Trinajstić information content (AvgIpc) is 2.46. The van der Waals surface area contributed by atoms with E-state index in [9.17, 15) is 4.79 Å². The van der Waals surface area contributed by atoms with E-state index in [1.807, 2.05) is 42.5 Å². The Kier molecular flexibility index (Phi) is 1.63. The number of fused-ring (bicyclic) bond motifs is 1. The van der Waals surface area contributed by atoms with Crippen LogP contribution in [0.4, 0.5) is 0 Å². The number of hydrogen-bond donors (Lipinski definition) is 0. The molecule has 2 aliphatic rings. The van der Waals surface area contributed by atoms with Crippen molar-refractivity contribution in [2.75, 3.05) is 0 Å². The van der Waals surface area contributed by atoms with Gasteiger partial charge >= 0.3 is 0 Å². The van der Waals surface area contributed by atoms with Crippen LogP contribution >= 0.6 is 0 Å². The third-order valence-corrected chi connectivity index (χ3v) is 1.93. The molecule has 0 saturated heterocycles. The highest BCUT2D eigenvalue weighted by atomic mass is 16.1. The molecule has 0 heterocycles. The molecule has 0 radical (unpaired) electrons. The van der Waals surface area contributed by atoms with Gasteiger partial charge in [-0.25, -0.2) is 0 Å². The fourth-order valence-corrected chi connectivity index (χ4v) is 1.26. The predicted molar refractivity (Wildman–Crippen MR) is 48.5 cm³/mol. The maximum absolute atomic E-state index is 10.4. The van der Waals surface area contributed by atoms with Crippen molar-refractivity contribution in [3.8, 4) is 11.1 Å². The van der Waals surface area contributed by atoms with Crippen molar-refractivity contribution >= 4 is 6.29 Å². The molecule has 0 spiro atoms. The summed E-state index contributed by atoms with van der Waals surface area (Å²) in [5.41, 5.74) is 3.05. The van der Waals surface area contributed by atoms with Gasteiger partial charge in [-0.2, -0.15) is 0 Å².